The van der Waals surface area contributed by atoms with Crippen molar-refractivity contribution < 1.29 is 4.79 Å². The molecule has 7 nitrogen and oxygen atoms in total. The number of rotatable bonds is 10. The molecule has 1 fully saturated rings. The summed E-state index contributed by atoms with van der Waals surface area (Å²) in [7, 11) is 0. The van der Waals surface area contributed by atoms with Crippen LogP contribution in [0.25, 0.3) is 5.69 Å². The van der Waals surface area contributed by atoms with Gasteiger partial charge in [-0.25, -0.2) is 0 Å². The maximum atomic E-state index is 13.0. The van der Waals surface area contributed by atoms with Crippen molar-refractivity contribution in [2.24, 2.45) is 0 Å². The minimum Gasteiger partial charge on any atom is -0.372 e. The third-order valence-corrected chi connectivity index (χ3v) is 8.49. The van der Waals surface area contributed by atoms with Crippen LogP contribution < -0.4 is 15.5 Å². The molecule has 2 atom stereocenters. The van der Waals surface area contributed by atoms with Gasteiger partial charge in [-0.3, -0.25) is 9.78 Å². The quantitative estimate of drug-likeness (QED) is 0.205. The van der Waals surface area contributed by atoms with E-state index < -0.39 is 0 Å². The van der Waals surface area contributed by atoms with Crippen molar-refractivity contribution in [1.82, 2.24) is 19.8 Å². The topological polar surface area (TPSA) is 65.4 Å². The summed E-state index contributed by atoms with van der Waals surface area (Å²) in [5, 5.41) is 7.18. The van der Waals surface area contributed by atoms with Gasteiger partial charge in [0.15, 0.2) is 5.11 Å². The summed E-state index contributed by atoms with van der Waals surface area (Å²) < 4.78 is 2.31. The fraction of sp³-hybridized carbons (Fsp3) is 0.324. The van der Waals surface area contributed by atoms with Crippen LogP contribution in [0.4, 0.5) is 11.4 Å². The first-order chi connectivity index (χ1) is 20.3. The van der Waals surface area contributed by atoms with E-state index in [1.807, 2.05) is 55.6 Å². The SMILES string of the molecule is CCN(CC)c1ccc(-n2c(C)cc([C@@H]3[C@H](c4ccccn4)NC(=S)N3CCC(=O)Nc3ccc(C)cc3)c2C)cc1. The molecule has 1 aliphatic rings. The van der Waals surface area contributed by atoms with Crippen molar-refractivity contribution in [2.45, 2.75) is 53.1 Å². The molecular weight excluding hydrogens is 540 g/mol. The summed E-state index contributed by atoms with van der Waals surface area (Å²) in [6.07, 6.45) is 2.13. The van der Waals surface area contributed by atoms with Crippen LogP contribution in [0.5, 0.6) is 0 Å². The van der Waals surface area contributed by atoms with Crippen molar-refractivity contribution >= 4 is 34.6 Å². The number of hydrogen-bond acceptors (Lipinski definition) is 4. The number of benzene rings is 2. The second-order valence-corrected chi connectivity index (χ2v) is 11.2. The van der Waals surface area contributed by atoms with Crippen LogP contribution in [0.3, 0.4) is 0 Å². The summed E-state index contributed by atoms with van der Waals surface area (Å²) in [5.41, 5.74) is 8.68. The van der Waals surface area contributed by atoms with Crippen LogP contribution in [0.2, 0.25) is 0 Å². The summed E-state index contributed by atoms with van der Waals surface area (Å²) in [5.74, 6) is -0.0412. The van der Waals surface area contributed by atoms with E-state index in [0.29, 0.717) is 18.1 Å². The minimum absolute atomic E-state index is 0.0412. The molecule has 0 aliphatic carbocycles. The standard InChI is InChI=1S/C34H40N6OS/c1-6-38(7-2)27-15-17-28(18-16-27)40-24(4)22-29(25(40)5)33-32(30-10-8-9-20-35-30)37-34(42)39(33)21-19-31(41)36-26-13-11-23(3)12-14-26/h8-18,20,22,32-33H,6-7,19,21H2,1-5H3,(H,36,41)(H,37,42)/t32-,33+/m0/s1. The molecule has 4 aromatic rings. The molecule has 218 valence electrons. The average Bonchev–Trinajstić information content (AvgIpc) is 3.48. The number of aromatic nitrogens is 2. The van der Waals surface area contributed by atoms with Gasteiger partial charge in [-0.2, -0.15) is 0 Å². The highest BCUT2D eigenvalue weighted by Crippen LogP contribution is 2.41. The van der Waals surface area contributed by atoms with Gasteiger partial charge >= 0.3 is 0 Å². The molecule has 3 heterocycles. The molecule has 1 saturated heterocycles. The van der Waals surface area contributed by atoms with Crippen LogP contribution in [-0.4, -0.2) is 45.1 Å². The number of nitrogens with zero attached hydrogens (tertiary/aromatic N) is 4. The third-order valence-electron chi connectivity index (χ3n) is 8.14. The van der Waals surface area contributed by atoms with Crippen molar-refractivity contribution in [3.63, 3.8) is 0 Å². The van der Waals surface area contributed by atoms with E-state index in [9.17, 15) is 4.79 Å². The largest absolute Gasteiger partial charge is 0.372 e. The van der Waals surface area contributed by atoms with Crippen molar-refractivity contribution in [3.05, 3.63) is 107 Å². The molecule has 2 aromatic heterocycles. The van der Waals surface area contributed by atoms with E-state index in [4.69, 9.17) is 12.2 Å². The van der Waals surface area contributed by atoms with E-state index in [1.165, 1.54) is 11.3 Å². The fourth-order valence-electron chi connectivity index (χ4n) is 5.95. The number of amides is 1. The number of hydrogen-bond donors (Lipinski definition) is 2. The van der Waals surface area contributed by atoms with E-state index in [0.717, 1.165) is 47.1 Å². The Morgan fingerprint density at radius 3 is 2.36 bits per heavy atom. The normalized spacial score (nSPS) is 16.4. The Balaban J connectivity index is 1.45. The summed E-state index contributed by atoms with van der Waals surface area (Å²) in [4.78, 5) is 22.1. The van der Waals surface area contributed by atoms with Gasteiger partial charge in [0.25, 0.3) is 0 Å². The van der Waals surface area contributed by atoms with Gasteiger partial charge < -0.3 is 25.0 Å². The zero-order valence-corrected chi connectivity index (χ0v) is 25.9. The molecule has 2 N–H and O–H groups in total. The number of nitrogens with one attached hydrogen (secondary N) is 2. The third kappa shape index (κ3) is 6.04. The van der Waals surface area contributed by atoms with Gasteiger partial charge in [0.1, 0.15) is 0 Å². The Bertz CT molecular complexity index is 1530. The molecule has 0 saturated carbocycles. The summed E-state index contributed by atoms with van der Waals surface area (Å²) in [6.45, 7) is 13.1. The molecule has 1 amide bonds. The Kier molecular flexibility index (Phi) is 8.92. The van der Waals surface area contributed by atoms with Crippen LogP contribution in [-0.2, 0) is 4.79 Å². The first-order valence-corrected chi connectivity index (χ1v) is 15.1. The van der Waals surface area contributed by atoms with Gasteiger partial charge in [-0.05, 0) is 107 Å². The molecule has 2 aromatic carbocycles. The Morgan fingerprint density at radius 1 is 1.00 bits per heavy atom. The smallest absolute Gasteiger partial charge is 0.226 e. The fourth-order valence-corrected chi connectivity index (χ4v) is 6.28. The van der Waals surface area contributed by atoms with Crippen molar-refractivity contribution in [1.29, 1.82) is 0 Å². The number of thiocarbonyl (C=S) groups is 1. The average molecular weight is 581 g/mol. The van der Waals surface area contributed by atoms with Gasteiger partial charge in [0.05, 0.1) is 17.8 Å². The molecular formula is C34H40N6OS. The molecule has 5 rings (SSSR count). The van der Waals surface area contributed by atoms with Crippen LogP contribution >= 0.6 is 12.2 Å². The predicted molar refractivity (Wildman–Crippen MR) is 175 cm³/mol. The first-order valence-electron chi connectivity index (χ1n) is 14.7. The highest BCUT2D eigenvalue weighted by molar-refractivity contribution is 7.80. The lowest BCUT2D eigenvalue weighted by molar-refractivity contribution is -0.116. The molecule has 42 heavy (non-hydrogen) atoms. The van der Waals surface area contributed by atoms with Crippen LogP contribution in [0.15, 0.2) is 79.0 Å². The Hall–Kier alpha value is -4.17. The molecule has 0 unspecified atom stereocenters. The highest BCUT2D eigenvalue weighted by Gasteiger charge is 2.41. The van der Waals surface area contributed by atoms with E-state index in [2.05, 4.69) is 88.0 Å². The van der Waals surface area contributed by atoms with Crippen LogP contribution in [0, 0.1) is 20.8 Å². The van der Waals surface area contributed by atoms with E-state index in [1.54, 1.807) is 0 Å². The van der Waals surface area contributed by atoms with Gasteiger partial charge in [-0.1, -0.05) is 23.8 Å². The Morgan fingerprint density at radius 2 is 1.71 bits per heavy atom. The second kappa shape index (κ2) is 12.8. The number of carbonyl (C=O) groups excluding carboxylic acids is 1. The molecule has 0 radical (unpaired) electrons. The monoisotopic (exact) mass is 580 g/mol. The van der Waals surface area contributed by atoms with Crippen LogP contribution in [0.1, 0.15) is 60.6 Å². The van der Waals surface area contributed by atoms with Crippen molar-refractivity contribution in [2.75, 3.05) is 29.9 Å². The van der Waals surface area contributed by atoms with Gasteiger partial charge in [0.2, 0.25) is 5.91 Å². The second-order valence-electron chi connectivity index (χ2n) is 10.8. The van der Waals surface area contributed by atoms with Gasteiger partial charge in [0, 0.05) is 60.7 Å². The number of anilines is 2. The zero-order chi connectivity index (χ0) is 29.8. The van der Waals surface area contributed by atoms with E-state index >= 15 is 0 Å². The number of carbonyl (C=O) groups is 1. The molecule has 1 aliphatic heterocycles. The number of aryl methyl sites for hydroxylation is 2. The summed E-state index contributed by atoms with van der Waals surface area (Å²) in [6, 6.07) is 24.6. The lowest BCUT2D eigenvalue weighted by Crippen LogP contribution is -2.32. The molecule has 8 heteroatoms. The van der Waals surface area contributed by atoms with Gasteiger partial charge in [-0.15, -0.1) is 0 Å². The Labute approximate surface area is 254 Å². The predicted octanol–water partition coefficient (Wildman–Crippen LogP) is 6.65. The summed E-state index contributed by atoms with van der Waals surface area (Å²) >= 11 is 5.87. The molecule has 0 bridgehead atoms. The van der Waals surface area contributed by atoms with Crippen molar-refractivity contribution in [3.8, 4) is 5.69 Å². The maximum Gasteiger partial charge on any atom is 0.226 e. The lowest BCUT2D eigenvalue weighted by Gasteiger charge is -2.28. The lowest BCUT2D eigenvalue weighted by atomic mass is 9.96. The minimum atomic E-state index is -0.141. The zero-order valence-electron chi connectivity index (χ0n) is 25.1. The maximum absolute atomic E-state index is 13.0. The van der Waals surface area contributed by atoms with E-state index in [-0.39, 0.29) is 18.0 Å². The number of pyridine rings is 1. The first kappa shape index (κ1) is 29.3. The highest BCUT2D eigenvalue weighted by atomic mass is 32.1. The molecule has 0 spiro atoms.